The molecule has 1 heterocycles. The number of nitrogens with one attached hydrogen (secondary N) is 1. The second kappa shape index (κ2) is 7.45. The van der Waals surface area contributed by atoms with Crippen molar-refractivity contribution in [2.24, 2.45) is 0 Å². The van der Waals surface area contributed by atoms with E-state index in [2.05, 4.69) is 10.3 Å². The normalized spacial score (nSPS) is 10.5. The number of amides is 1. The number of benzene rings is 2. The molecule has 7 heteroatoms. The number of aromatic nitrogens is 1. The second-order valence-electron chi connectivity index (χ2n) is 5.81. The maximum absolute atomic E-state index is 12.0. The molecule has 0 aliphatic rings. The molecule has 1 N–H and O–H groups in total. The first kappa shape index (κ1) is 17.8. The summed E-state index contributed by atoms with van der Waals surface area (Å²) >= 11 is 1.37. The van der Waals surface area contributed by atoms with Crippen molar-refractivity contribution in [2.75, 3.05) is 11.9 Å². The van der Waals surface area contributed by atoms with Gasteiger partial charge in [0.2, 0.25) is 0 Å². The Morgan fingerprint density at radius 2 is 1.92 bits per heavy atom. The van der Waals surface area contributed by atoms with Gasteiger partial charge in [-0.05, 0) is 43.2 Å². The molecule has 0 atom stereocenters. The molecule has 0 radical (unpaired) electrons. The zero-order chi connectivity index (χ0) is 18.7. The lowest BCUT2D eigenvalue weighted by atomic mass is 10.1. The summed E-state index contributed by atoms with van der Waals surface area (Å²) < 4.78 is 5.98. The van der Waals surface area contributed by atoms with Crippen LogP contribution in [0.15, 0.2) is 36.4 Å². The van der Waals surface area contributed by atoms with Gasteiger partial charge in [0.1, 0.15) is 6.29 Å². The predicted molar refractivity (Wildman–Crippen MR) is 99.8 cm³/mol. The van der Waals surface area contributed by atoms with Crippen LogP contribution in [0.2, 0.25) is 0 Å². The largest absolute Gasteiger partial charge is 0.452 e. The minimum Gasteiger partial charge on any atom is -0.452 e. The Bertz CT molecular complexity index is 993. The Hall–Kier alpha value is -3.06. The van der Waals surface area contributed by atoms with E-state index in [1.54, 1.807) is 0 Å². The fraction of sp³-hybridized carbons (Fsp3) is 0.158. The number of anilines is 1. The highest BCUT2D eigenvalue weighted by Crippen LogP contribution is 2.29. The fourth-order valence-corrected chi connectivity index (χ4v) is 3.55. The van der Waals surface area contributed by atoms with Gasteiger partial charge in [0, 0.05) is 5.56 Å². The van der Waals surface area contributed by atoms with Crippen molar-refractivity contribution in [1.29, 1.82) is 0 Å². The molecule has 0 fully saturated rings. The maximum atomic E-state index is 12.0. The van der Waals surface area contributed by atoms with Crippen LogP contribution in [-0.4, -0.2) is 29.8 Å². The van der Waals surface area contributed by atoms with Crippen LogP contribution in [0.1, 0.15) is 31.8 Å². The van der Waals surface area contributed by atoms with E-state index in [4.69, 9.17) is 4.74 Å². The smallest absolute Gasteiger partial charge is 0.338 e. The summed E-state index contributed by atoms with van der Waals surface area (Å²) in [6.45, 7) is 3.56. The van der Waals surface area contributed by atoms with Gasteiger partial charge in [-0.25, -0.2) is 9.78 Å². The van der Waals surface area contributed by atoms with Crippen LogP contribution >= 0.6 is 11.3 Å². The molecular formula is C19H16N2O4S. The molecule has 26 heavy (non-hydrogen) atoms. The molecular weight excluding hydrogens is 352 g/mol. The number of esters is 1. The number of aldehydes is 1. The first-order valence-corrected chi connectivity index (χ1v) is 8.68. The summed E-state index contributed by atoms with van der Waals surface area (Å²) in [6, 6.07) is 10.0. The molecule has 6 nitrogen and oxygen atoms in total. The first-order valence-electron chi connectivity index (χ1n) is 7.86. The van der Waals surface area contributed by atoms with Gasteiger partial charge >= 0.3 is 5.97 Å². The van der Waals surface area contributed by atoms with Gasteiger partial charge in [-0.1, -0.05) is 29.5 Å². The number of rotatable bonds is 5. The van der Waals surface area contributed by atoms with Gasteiger partial charge < -0.3 is 4.74 Å². The fourth-order valence-electron chi connectivity index (χ4n) is 2.49. The second-order valence-corrected chi connectivity index (χ2v) is 6.84. The lowest BCUT2D eigenvalue weighted by Crippen LogP contribution is -2.20. The van der Waals surface area contributed by atoms with Crippen LogP contribution in [0, 0.1) is 13.8 Å². The van der Waals surface area contributed by atoms with E-state index in [-0.39, 0.29) is 5.56 Å². The average molecular weight is 368 g/mol. The number of ether oxygens (including phenoxy) is 1. The highest BCUT2D eigenvalue weighted by atomic mass is 32.1. The molecule has 3 rings (SSSR count). The van der Waals surface area contributed by atoms with Crippen molar-refractivity contribution in [3.8, 4) is 0 Å². The van der Waals surface area contributed by atoms with Crippen molar-refractivity contribution in [3.63, 3.8) is 0 Å². The zero-order valence-corrected chi connectivity index (χ0v) is 15.1. The number of carbonyl (C=O) groups is 3. The number of nitrogens with zero attached hydrogens (tertiary/aromatic N) is 1. The maximum Gasteiger partial charge on any atom is 0.338 e. The Balaban J connectivity index is 1.61. The minimum absolute atomic E-state index is 0.273. The Morgan fingerprint density at radius 1 is 1.19 bits per heavy atom. The van der Waals surface area contributed by atoms with Crippen LogP contribution < -0.4 is 5.32 Å². The Kier molecular flexibility index (Phi) is 5.09. The molecule has 0 unspecified atom stereocenters. The summed E-state index contributed by atoms with van der Waals surface area (Å²) in [4.78, 5) is 38.9. The van der Waals surface area contributed by atoms with Crippen LogP contribution in [0.4, 0.5) is 5.13 Å². The van der Waals surface area contributed by atoms with Crippen molar-refractivity contribution in [2.45, 2.75) is 13.8 Å². The summed E-state index contributed by atoms with van der Waals surface area (Å²) in [5.74, 6) is -1.09. The molecule has 0 saturated carbocycles. The van der Waals surface area contributed by atoms with E-state index in [1.165, 1.54) is 35.6 Å². The molecule has 0 bridgehead atoms. The molecule has 3 aromatic rings. The van der Waals surface area contributed by atoms with Gasteiger partial charge in [0.15, 0.2) is 11.7 Å². The van der Waals surface area contributed by atoms with Crippen LogP contribution in [0.3, 0.4) is 0 Å². The summed E-state index contributed by atoms with van der Waals surface area (Å²) in [5.41, 5.74) is 3.76. The van der Waals surface area contributed by atoms with E-state index < -0.39 is 18.5 Å². The molecule has 0 aliphatic heterocycles. The first-order chi connectivity index (χ1) is 12.5. The Morgan fingerprint density at radius 3 is 2.62 bits per heavy atom. The highest BCUT2D eigenvalue weighted by Gasteiger charge is 2.13. The molecule has 1 aromatic heterocycles. The average Bonchev–Trinajstić information content (AvgIpc) is 3.02. The summed E-state index contributed by atoms with van der Waals surface area (Å²) in [6.07, 6.45) is 0.684. The van der Waals surface area contributed by atoms with E-state index in [1.807, 2.05) is 26.0 Å². The monoisotopic (exact) mass is 368 g/mol. The lowest BCUT2D eigenvalue weighted by Gasteiger charge is -2.04. The zero-order valence-electron chi connectivity index (χ0n) is 14.2. The standard InChI is InChI=1S/C19H16N2O4S/c1-11-7-12(2)17-15(8-11)26-19(21-17)20-16(23)10-25-18(24)14-5-3-13(9-22)4-6-14/h3-9H,10H2,1-2H3,(H,20,21,23). The van der Waals surface area contributed by atoms with Crippen molar-refractivity contribution in [3.05, 3.63) is 58.7 Å². The van der Waals surface area contributed by atoms with Crippen molar-refractivity contribution >= 4 is 44.8 Å². The van der Waals surface area contributed by atoms with Crippen LogP contribution in [0.25, 0.3) is 10.2 Å². The van der Waals surface area contributed by atoms with Crippen molar-refractivity contribution < 1.29 is 19.1 Å². The molecule has 0 aliphatic carbocycles. The van der Waals surface area contributed by atoms with Gasteiger partial charge in [0.25, 0.3) is 5.91 Å². The number of aryl methyl sites for hydroxylation is 2. The SMILES string of the molecule is Cc1cc(C)c2nc(NC(=O)COC(=O)c3ccc(C=O)cc3)sc2c1. The summed E-state index contributed by atoms with van der Waals surface area (Å²) in [5, 5.41) is 3.11. The molecule has 0 saturated heterocycles. The van der Waals surface area contributed by atoms with Crippen LogP contribution in [-0.2, 0) is 9.53 Å². The minimum atomic E-state index is -0.631. The van der Waals surface area contributed by atoms with E-state index in [9.17, 15) is 14.4 Å². The van der Waals surface area contributed by atoms with E-state index >= 15 is 0 Å². The number of fused-ring (bicyclic) bond motifs is 1. The number of thiazole rings is 1. The molecule has 0 spiro atoms. The third-order valence-corrected chi connectivity index (χ3v) is 4.61. The number of hydrogen-bond donors (Lipinski definition) is 1. The van der Waals surface area contributed by atoms with Crippen molar-refractivity contribution in [1.82, 2.24) is 4.98 Å². The van der Waals surface area contributed by atoms with Gasteiger partial charge in [-0.3, -0.25) is 14.9 Å². The van der Waals surface area contributed by atoms with Crippen LogP contribution in [0.5, 0.6) is 0 Å². The van der Waals surface area contributed by atoms with Gasteiger partial charge in [-0.15, -0.1) is 0 Å². The topological polar surface area (TPSA) is 85.4 Å². The number of carbonyl (C=O) groups excluding carboxylic acids is 3. The third-order valence-electron chi connectivity index (χ3n) is 3.69. The third kappa shape index (κ3) is 3.94. The molecule has 132 valence electrons. The Labute approximate surface area is 153 Å². The van der Waals surface area contributed by atoms with Gasteiger partial charge in [0.05, 0.1) is 15.8 Å². The molecule has 1 amide bonds. The summed E-state index contributed by atoms with van der Waals surface area (Å²) in [7, 11) is 0. The van der Waals surface area contributed by atoms with E-state index in [0.717, 1.165) is 21.3 Å². The van der Waals surface area contributed by atoms with Gasteiger partial charge in [-0.2, -0.15) is 0 Å². The lowest BCUT2D eigenvalue weighted by molar-refractivity contribution is -0.119. The van der Waals surface area contributed by atoms with E-state index in [0.29, 0.717) is 17.0 Å². The molecule has 2 aromatic carbocycles. The highest BCUT2D eigenvalue weighted by molar-refractivity contribution is 7.22. The predicted octanol–water partition coefficient (Wildman–Crippen LogP) is 3.52. The number of hydrogen-bond acceptors (Lipinski definition) is 6. The quantitative estimate of drug-likeness (QED) is 0.550.